The van der Waals surface area contributed by atoms with Gasteiger partial charge in [0.05, 0.1) is 0 Å². The van der Waals surface area contributed by atoms with Gasteiger partial charge in [-0.25, -0.2) is 0 Å². The molecule has 0 bridgehead atoms. The molecule has 1 amide bonds. The van der Waals surface area contributed by atoms with Crippen molar-refractivity contribution < 1.29 is 4.79 Å². The predicted octanol–water partition coefficient (Wildman–Crippen LogP) is 3.23. The van der Waals surface area contributed by atoms with Crippen molar-refractivity contribution >= 4 is 11.6 Å². The normalized spacial score (nSPS) is 29.8. The maximum Gasteiger partial charge on any atom is 0.227 e. The quantitative estimate of drug-likeness (QED) is 0.847. The molecule has 0 aromatic heterocycles. The summed E-state index contributed by atoms with van der Waals surface area (Å²) in [6, 6.07) is 8.17. The summed E-state index contributed by atoms with van der Waals surface area (Å²) >= 11 is 0. The van der Waals surface area contributed by atoms with E-state index in [1.54, 1.807) is 0 Å². The molecule has 2 atom stereocenters. The Bertz CT molecular complexity index is 430. The number of carbonyl (C=O) groups is 1. The SMILES string of the molecule is CCc1cccc(NC(=O)C2CC3CC3C2)c1. The van der Waals surface area contributed by atoms with E-state index in [1.807, 2.05) is 12.1 Å². The fourth-order valence-corrected chi connectivity index (χ4v) is 3.04. The highest BCUT2D eigenvalue weighted by Gasteiger charge is 2.47. The highest BCUT2D eigenvalue weighted by Crippen LogP contribution is 2.54. The van der Waals surface area contributed by atoms with Crippen LogP contribution in [0.5, 0.6) is 0 Å². The lowest BCUT2D eigenvalue weighted by Gasteiger charge is -2.12. The fourth-order valence-electron chi connectivity index (χ4n) is 3.04. The largest absolute Gasteiger partial charge is 0.326 e. The Hall–Kier alpha value is -1.31. The van der Waals surface area contributed by atoms with Crippen LogP contribution in [0, 0.1) is 17.8 Å². The van der Waals surface area contributed by atoms with Crippen LogP contribution in [0.15, 0.2) is 24.3 Å². The molecule has 0 spiro atoms. The lowest BCUT2D eigenvalue weighted by molar-refractivity contribution is -0.120. The van der Waals surface area contributed by atoms with Gasteiger partial charge in [0.15, 0.2) is 0 Å². The zero-order valence-electron chi connectivity index (χ0n) is 10.3. The van der Waals surface area contributed by atoms with Gasteiger partial charge in [-0.1, -0.05) is 19.1 Å². The van der Waals surface area contributed by atoms with Gasteiger partial charge >= 0.3 is 0 Å². The minimum atomic E-state index is 0.227. The number of anilines is 1. The van der Waals surface area contributed by atoms with Crippen LogP contribution in [-0.4, -0.2) is 5.91 Å². The van der Waals surface area contributed by atoms with E-state index >= 15 is 0 Å². The number of rotatable bonds is 3. The summed E-state index contributed by atoms with van der Waals surface area (Å²) < 4.78 is 0. The van der Waals surface area contributed by atoms with Crippen LogP contribution < -0.4 is 5.32 Å². The first kappa shape index (κ1) is 10.8. The average Bonchev–Trinajstić information content (AvgIpc) is 2.96. The fraction of sp³-hybridized carbons (Fsp3) is 0.533. The van der Waals surface area contributed by atoms with Gasteiger partial charge in [0.25, 0.3) is 0 Å². The summed E-state index contributed by atoms with van der Waals surface area (Å²) in [6.07, 6.45) is 4.61. The first-order valence-corrected chi connectivity index (χ1v) is 6.66. The van der Waals surface area contributed by atoms with Crippen LogP contribution in [-0.2, 0) is 11.2 Å². The summed E-state index contributed by atoms with van der Waals surface area (Å²) in [7, 11) is 0. The van der Waals surface area contributed by atoms with Gasteiger partial charge in [-0.3, -0.25) is 4.79 Å². The smallest absolute Gasteiger partial charge is 0.227 e. The Labute approximate surface area is 102 Å². The molecule has 2 unspecified atom stereocenters. The molecule has 2 fully saturated rings. The number of benzene rings is 1. The summed E-state index contributed by atoms with van der Waals surface area (Å²) in [6.45, 7) is 2.13. The van der Waals surface area contributed by atoms with Crippen molar-refractivity contribution in [2.75, 3.05) is 5.32 Å². The number of fused-ring (bicyclic) bond motifs is 1. The highest BCUT2D eigenvalue weighted by molar-refractivity contribution is 5.92. The molecule has 0 saturated heterocycles. The van der Waals surface area contributed by atoms with Crippen molar-refractivity contribution in [2.45, 2.75) is 32.6 Å². The Kier molecular flexibility index (Phi) is 2.65. The Morgan fingerprint density at radius 3 is 2.76 bits per heavy atom. The monoisotopic (exact) mass is 229 g/mol. The number of nitrogens with one attached hydrogen (secondary N) is 1. The summed E-state index contributed by atoms with van der Waals surface area (Å²) in [5, 5.41) is 3.06. The van der Waals surface area contributed by atoms with Crippen molar-refractivity contribution in [1.29, 1.82) is 0 Å². The third-order valence-electron chi connectivity index (χ3n) is 4.22. The van der Waals surface area contributed by atoms with Gasteiger partial charge in [-0.2, -0.15) is 0 Å². The van der Waals surface area contributed by atoms with Gasteiger partial charge < -0.3 is 5.32 Å². The lowest BCUT2D eigenvalue weighted by atomic mass is 10.0. The first-order valence-electron chi connectivity index (χ1n) is 6.66. The molecule has 2 saturated carbocycles. The van der Waals surface area contributed by atoms with Crippen LogP contribution in [0.3, 0.4) is 0 Å². The molecule has 1 aromatic rings. The van der Waals surface area contributed by atoms with E-state index in [1.165, 1.54) is 12.0 Å². The molecule has 2 nitrogen and oxygen atoms in total. The van der Waals surface area contributed by atoms with Crippen LogP contribution in [0.1, 0.15) is 31.7 Å². The maximum atomic E-state index is 12.1. The standard InChI is InChI=1S/C15H19NO/c1-2-10-4-3-5-14(6-10)16-15(17)13-8-11-7-12(11)9-13/h3-6,11-13H,2,7-9H2,1H3,(H,16,17). The third kappa shape index (κ3) is 2.21. The van der Waals surface area contributed by atoms with Crippen molar-refractivity contribution in [1.82, 2.24) is 0 Å². The number of hydrogen-bond donors (Lipinski definition) is 1. The van der Waals surface area contributed by atoms with Gasteiger partial charge in [0.2, 0.25) is 5.91 Å². The van der Waals surface area contributed by atoms with Crippen molar-refractivity contribution in [2.24, 2.45) is 17.8 Å². The van der Waals surface area contributed by atoms with E-state index in [2.05, 4.69) is 24.4 Å². The van der Waals surface area contributed by atoms with E-state index in [4.69, 9.17) is 0 Å². The summed E-state index contributed by atoms with van der Waals surface area (Å²) in [5.74, 6) is 2.23. The number of hydrogen-bond acceptors (Lipinski definition) is 1. The Morgan fingerprint density at radius 1 is 1.29 bits per heavy atom. The minimum Gasteiger partial charge on any atom is -0.326 e. The molecule has 1 N–H and O–H groups in total. The molecule has 3 rings (SSSR count). The van der Waals surface area contributed by atoms with E-state index < -0.39 is 0 Å². The summed E-state index contributed by atoms with van der Waals surface area (Å²) in [4.78, 5) is 12.1. The zero-order valence-corrected chi connectivity index (χ0v) is 10.3. The third-order valence-corrected chi connectivity index (χ3v) is 4.22. The Balaban J connectivity index is 1.63. The number of amides is 1. The molecule has 90 valence electrons. The highest BCUT2D eigenvalue weighted by atomic mass is 16.1. The van der Waals surface area contributed by atoms with Gasteiger partial charge in [0, 0.05) is 11.6 Å². The Morgan fingerprint density at radius 2 is 2.06 bits per heavy atom. The summed E-state index contributed by atoms with van der Waals surface area (Å²) in [5.41, 5.74) is 2.23. The van der Waals surface area contributed by atoms with Crippen LogP contribution in [0.2, 0.25) is 0 Å². The minimum absolute atomic E-state index is 0.227. The average molecular weight is 229 g/mol. The van der Waals surface area contributed by atoms with Crippen LogP contribution in [0.25, 0.3) is 0 Å². The zero-order chi connectivity index (χ0) is 11.8. The second-order valence-electron chi connectivity index (χ2n) is 5.47. The second kappa shape index (κ2) is 4.17. The second-order valence-corrected chi connectivity index (χ2v) is 5.47. The topological polar surface area (TPSA) is 29.1 Å². The molecule has 0 radical (unpaired) electrons. The van der Waals surface area contributed by atoms with E-state index in [0.717, 1.165) is 36.8 Å². The lowest BCUT2D eigenvalue weighted by Crippen LogP contribution is -2.21. The molecule has 2 aliphatic rings. The van der Waals surface area contributed by atoms with Gasteiger partial charge in [0.1, 0.15) is 0 Å². The van der Waals surface area contributed by atoms with E-state index in [0.29, 0.717) is 0 Å². The number of carbonyl (C=O) groups excluding carboxylic acids is 1. The molecule has 2 aliphatic carbocycles. The molecular weight excluding hydrogens is 210 g/mol. The molecule has 17 heavy (non-hydrogen) atoms. The van der Waals surface area contributed by atoms with Gasteiger partial charge in [-0.15, -0.1) is 0 Å². The number of aryl methyl sites for hydroxylation is 1. The maximum absolute atomic E-state index is 12.1. The first-order chi connectivity index (χ1) is 8.26. The molecular formula is C15H19NO. The van der Waals surface area contributed by atoms with E-state index in [9.17, 15) is 4.79 Å². The molecule has 2 heteroatoms. The molecule has 0 heterocycles. The van der Waals surface area contributed by atoms with Crippen LogP contribution in [0.4, 0.5) is 5.69 Å². The molecule has 1 aromatic carbocycles. The predicted molar refractivity (Wildman–Crippen MR) is 68.8 cm³/mol. The van der Waals surface area contributed by atoms with Crippen LogP contribution >= 0.6 is 0 Å². The van der Waals surface area contributed by atoms with Crippen molar-refractivity contribution in [3.63, 3.8) is 0 Å². The molecule has 0 aliphatic heterocycles. The van der Waals surface area contributed by atoms with Gasteiger partial charge in [-0.05, 0) is 55.2 Å². The van der Waals surface area contributed by atoms with Crippen molar-refractivity contribution in [3.8, 4) is 0 Å². The van der Waals surface area contributed by atoms with Crippen molar-refractivity contribution in [3.05, 3.63) is 29.8 Å². The van der Waals surface area contributed by atoms with E-state index in [-0.39, 0.29) is 11.8 Å².